The van der Waals surface area contributed by atoms with Gasteiger partial charge in [0.15, 0.2) is 0 Å². The monoisotopic (exact) mass is 462 g/mol. The fourth-order valence-corrected chi connectivity index (χ4v) is 3.99. The number of aryl methyl sites for hydroxylation is 2. The van der Waals surface area contributed by atoms with Crippen LogP contribution in [0, 0.1) is 13.8 Å². The third-order valence-electron chi connectivity index (χ3n) is 5.83. The van der Waals surface area contributed by atoms with Crippen molar-refractivity contribution in [2.75, 3.05) is 48.9 Å². The Bertz CT molecular complexity index is 1200. The molecular weight excluding hydrogens is 432 g/mol. The predicted octanol–water partition coefficient (Wildman–Crippen LogP) is 4.05. The molecule has 1 aromatic heterocycles. The molecule has 2 amide bonds. The Morgan fingerprint density at radius 3 is 2.47 bits per heavy atom. The minimum atomic E-state index is -0.242. The number of nitrogens with one attached hydrogen (secondary N) is 2. The third kappa shape index (κ3) is 5.63. The molecule has 0 aliphatic carbocycles. The molecule has 0 bridgehead atoms. The van der Waals surface area contributed by atoms with E-state index in [1.54, 1.807) is 13.2 Å². The number of aromatic nitrogens is 1. The molecule has 3 aromatic rings. The Morgan fingerprint density at radius 2 is 1.74 bits per heavy atom. The molecule has 1 saturated heterocycles. The predicted molar refractivity (Wildman–Crippen MR) is 134 cm³/mol. The van der Waals surface area contributed by atoms with Gasteiger partial charge in [0.25, 0.3) is 0 Å². The van der Waals surface area contributed by atoms with Gasteiger partial charge in [0.1, 0.15) is 11.6 Å². The van der Waals surface area contributed by atoms with E-state index in [-0.39, 0.29) is 24.7 Å². The van der Waals surface area contributed by atoms with Gasteiger partial charge in [-0.05, 0) is 61.4 Å². The van der Waals surface area contributed by atoms with Crippen molar-refractivity contribution in [1.82, 2.24) is 4.98 Å². The molecule has 4 rings (SSSR count). The van der Waals surface area contributed by atoms with Crippen LogP contribution in [0.5, 0.6) is 5.75 Å². The summed E-state index contributed by atoms with van der Waals surface area (Å²) < 4.78 is 10.7. The van der Waals surface area contributed by atoms with Gasteiger partial charge in [-0.1, -0.05) is 6.07 Å². The highest BCUT2D eigenvalue weighted by Gasteiger charge is 2.15. The van der Waals surface area contributed by atoms with Crippen molar-refractivity contribution in [1.29, 1.82) is 0 Å². The van der Waals surface area contributed by atoms with Gasteiger partial charge < -0.3 is 25.0 Å². The zero-order valence-electron chi connectivity index (χ0n) is 19.8. The molecule has 1 aliphatic heterocycles. The molecule has 0 atom stereocenters. The third-order valence-corrected chi connectivity index (χ3v) is 5.83. The summed E-state index contributed by atoms with van der Waals surface area (Å²) in [5.74, 6) is 1.07. The van der Waals surface area contributed by atoms with E-state index in [4.69, 9.17) is 14.5 Å². The highest BCUT2D eigenvalue weighted by atomic mass is 16.5. The lowest BCUT2D eigenvalue weighted by Gasteiger charge is -2.28. The van der Waals surface area contributed by atoms with Crippen LogP contribution < -0.4 is 20.3 Å². The summed E-state index contributed by atoms with van der Waals surface area (Å²) in [6.07, 6.45) is 0.144. The van der Waals surface area contributed by atoms with Crippen molar-refractivity contribution < 1.29 is 19.1 Å². The van der Waals surface area contributed by atoms with Crippen LogP contribution in [0.4, 0.5) is 17.2 Å². The molecule has 1 fully saturated rings. The fraction of sp³-hybridized carbons (Fsp3) is 0.346. The lowest BCUT2D eigenvalue weighted by molar-refractivity contribution is -0.121. The molecule has 2 N–H and O–H groups in total. The maximum absolute atomic E-state index is 12.5. The maximum Gasteiger partial charge on any atom is 0.224 e. The molecule has 2 aromatic carbocycles. The molecule has 178 valence electrons. The number of carbonyl (C=O) groups is 2. The van der Waals surface area contributed by atoms with E-state index in [9.17, 15) is 9.59 Å². The first-order valence-corrected chi connectivity index (χ1v) is 11.4. The molecule has 8 nitrogen and oxygen atoms in total. The standard InChI is InChI=1S/C26H30N4O4/c1-17-4-7-23(33-3)22(14-17)29-26(32)9-8-25(31)27-19-5-6-21-20(16-19)18(2)15-24(28-21)30-10-12-34-13-11-30/h4-7,14-16H,8-13H2,1-3H3,(H,27,31)(H,29,32). The summed E-state index contributed by atoms with van der Waals surface area (Å²) in [5, 5.41) is 6.70. The van der Waals surface area contributed by atoms with E-state index in [2.05, 4.69) is 21.6 Å². The second kappa shape index (κ2) is 10.5. The second-order valence-electron chi connectivity index (χ2n) is 8.43. The molecule has 8 heteroatoms. The topological polar surface area (TPSA) is 92.8 Å². The Balaban J connectivity index is 1.36. The highest BCUT2D eigenvalue weighted by molar-refractivity contribution is 5.98. The minimum absolute atomic E-state index is 0.0694. The summed E-state index contributed by atoms with van der Waals surface area (Å²) >= 11 is 0. The van der Waals surface area contributed by atoms with Crippen molar-refractivity contribution in [3.05, 3.63) is 53.6 Å². The minimum Gasteiger partial charge on any atom is -0.495 e. The van der Waals surface area contributed by atoms with Gasteiger partial charge in [0.2, 0.25) is 11.8 Å². The van der Waals surface area contributed by atoms with Gasteiger partial charge in [0, 0.05) is 37.0 Å². The summed E-state index contributed by atoms with van der Waals surface area (Å²) in [5.41, 5.74) is 4.26. The van der Waals surface area contributed by atoms with Crippen LogP contribution in [0.3, 0.4) is 0 Å². The van der Waals surface area contributed by atoms with Crippen molar-refractivity contribution >= 4 is 39.9 Å². The lowest BCUT2D eigenvalue weighted by atomic mass is 10.1. The van der Waals surface area contributed by atoms with Gasteiger partial charge in [-0.25, -0.2) is 4.98 Å². The van der Waals surface area contributed by atoms with Crippen LogP contribution >= 0.6 is 0 Å². The number of carbonyl (C=O) groups excluding carboxylic acids is 2. The first-order chi connectivity index (χ1) is 16.4. The number of ether oxygens (including phenoxy) is 2. The summed E-state index contributed by atoms with van der Waals surface area (Å²) in [6, 6.07) is 13.3. The number of hydrogen-bond donors (Lipinski definition) is 2. The van der Waals surface area contributed by atoms with Crippen molar-refractivity contribution in [3.8, 4) is 5.75 Å². The summed E-state index contributed by atoms with van der Waals surface area (Å²) in [6.45, 7) is 7.06. The normalized spacial score (nSPS) is 13.6. The first-order valence-electron chi connectivity index (χ1n) is 11.4. The first kappa shape index (κ1) is 23.5. The van der Waals surface area contributed by atoms with Gasteiger partial charge >= 0.3 is 0 Å². The Morgan fingerprint density at radius 1 is 1.00 bits per heavy atom. The van der Waals surface area contributed by atoms with Crippen molar-refractivity contribution in [2.24, 2.45) is 0 Å². The molecule has 0 saturated carbocycles. The van der Waals surface area contributed by atoms with Crippen LogP contribution in [0.25, 0.3) is 10.9 Å². The van der Waals surface area contributed by atoms with E-state index in [1.165, 1.54) is 0 Å². The Hall–Kier alpha value is -3.65. The zero-order valence-corrected chi connectivity index (χ0v) is 19.8. The number of morpholine rings is 1. The number of nitrogens with zero attached hydrogens (tertiary/aromatic N) is 2. The maximum atomic E-state index is 12.5. The molecule has 0 radical (unpaired) electrons. The summed E-state index contributed by atoms with van der Waals surface area (Å²) in [7, 11) is 1.55. The number of pyridine rings is 1. The van der Waals surface area contributed by atoms with E-state index in [1.807, 2.05) is 44.2 Å². The van der Waals surface area contributed by atoms with Crippen LogP contribution in [-0.2, 0) is 14.3 Å². The average Bonchev–Trinajstić information content (AvgIpc) is 2.84. The quantitative estimate of drug-likeness (QED) is 0.550. The second-order valence-corrected chi connectivity index (χ2v) is 8.43. The number of anilines is 3. The number of rotatable bonds is 7. The molecule has 2 heterocycles. The molecule has 0 unspecified atom stereocenters. The van der Waals surface area contributed by atoms with Crippen molar-refractivity contribution in [3.63, 3.8) is 0 Å². The van der Waals surface area contributed by atoms with E-state index >= 15 is 0 Å². The number of amides is 2. The lowest BCUT2D eigenvalue weighted by Crippen LogP contribution is -2.36. The van der Waals surface area contributed by atoms with Gasteiger partial charge in [0.05, 0.1) is 31.5 Å². The SMILES string of the molecule is COc1ccc(C)cc1NC(=O)CCC(=O)Nc1ccc2nc(N3CCOCC3)cc(C)c2c1. The van der Waals surface area contributed by atoms with E-state index < -0.39 is 0 Å². The largest absolute Gasteiger partial charge is 0.495 e. The van der Waals surface area contributed by atoms with Gasteiger partial charge in [-0.3, -0.25) is 9.59 Å². The van der Waals surface area contributed by atoms with E-state index in [0.717, 1.165) is 40.9 Å². The van der Waals surface area contributed by atoms with Crippen LogP contribution in [-0.4, -0.2) is 50.2 Å². The number of fused-ring (bicyclic) bond motifs is 1. The molecule has 0 spiro atoms. The number of hydrogen-bond acceptors (Lipinski definition) is 6. The Kier molecular flexibility index (Phi) is 7.27. The van der Waals surface area contributed by atoms with Crippen LogP contribution in [0.1, 0.15) is 24.0 Å². The van der Waals surface area contributed by atoms with Crippen LogP contribution in [0.2, 0.25) is 0 Å². The molecular formula is C26H30N4O4. The van der Waals surface area contributed by atoms with Gasteiger partial charge in [-0.15, -0.1) is 0 Å². The number of benzene rings is 2. The van der Waals surface area contributed by atoms with Crippen LogP contribution in [0.15, 0.2) is 42.5 Å². The molecule has 1 aliphatic rings. The zero-order chi connectivity index (χ0) is 24.1. The highest BCUT2D eigenvalue weighted by Crippen LogP contribution is 2.27. The average molecular weight is 463 g/mol. The van der Waals surface area contributed by atoms with Gasteiger partial charge in [-0.2, -0.15) is 0 Å². The van der Waals surface area contributed by atoms with Crippen molar-refractivity contribution in [2.45, 2.75) is 26.7 Å². The molecule has 34 heavy (non-hydrogen) atoms. The fourth-order valence-electron chi connectivity index (χ4n) is 3.99. The summed E-state index contributed by atoms with van der Waals surface area (Å²) in [4.78, 5) is 31.9. The Labute approximate surface area is 199 Å². The number of methoxy groups -OCH3 is 1. The smallest absolute Gasteiger partial charge is 0.224 e. The van der Waals surface area contributed by atoms with E-state index in [0.29, 0.717) is 30.3 Å².